The second kappa shape index (κ2) is 4.85. The van der Waals surface area contributed by atoms with E-state index in [2.05, 4.69) is 26.2 Å². The lowest BCUT2D eigenvalue weighted by atomic mass is 10.2. The number of benzene rings is 1. The van der Waals surface area contributed by atoms with Crippen molar-refractivity contribution >= 4 is 44.1 Å². The Morgan fingerprint density at radius 2 is 2.24 bits per heavy atom. The van der Waals surface area contributed by atoms with Crippen molar-refractivity contribution in [2.45, 2.75) is 6.92 Å². The largest absolute Gasteiger partial charge is 0.476 e. The van der Waals surface area contributed by atoms with E-state index in [-0.39, 0.29) is 5.69 Å². The summed E-state index contributed by atoms with van der Waals surface area (Å²) in [5.74, 6) is -1.01. The highest BCUT2D eigenvalue weighted by atomic mass is 79.9. The van der Waals surface area contributed by atoms with Crippen LogP contribution in [0.25, 0.3) is 0 Å². The molecule has 2 aromatic rings. The number of aryl methyl sites for hydroxylation is 1. The van der Waals surface area contributed by atoms with E-state index in [9.17, 15) is 4.79 Å². The number of carbonyl (C=O) groups is 1. The smallest absolute Gasteiger partial charge is 0.355 e. The number of carboxylic acids is 1. The van der Waals surface area contributed by atoms with Crippen LogP contribution in [0.1, 0.15) is 16.1 Å². The number of aromatic carboxylic acids is 1. The zero-order chi connectivity index (χ0) is 12.4. The number of thiazole rings is 1. The topological polar surface area (TPSA) is 62.2 Å². The van der Waals surface area contributed by atoms with Crippen molar-refractivity contribution in [2.24, 2.45) is 0 Å². The molecule has 0 saturated carbocycles. The number of halogens is 1. The summed E-state index contributed by atoms with van der Waals surface area (Å²) in [5, 5.41) is 13.9. The average molecular weight is 313 g/mol. The predicted octanol–water partition coefficient (Wildman–Crippen LogP) is 3.66. The summed E-state index contributed by atoms with van der Waals surface area (Å²) in [5.41, 5.74) is 2.05. The molecule has 1 heterocycles. The Balaban J connectivity index is 2.22. The molecular weight excluding hydrogens is 304 g/mol. The number of hydrogen-bond donors (Lipinski definition) is 2. The van der Waals surface area contributed by atoms with Crippen molar-refractivity contribution in [2.75, 3.05) is 5.32 Å². The molecule has 2 N–H and O–H groups in total. The molecule has 17 heavy (non-hydrogen) atoms. The fraction of sp³-hybridized carbons (Fsp3) is 0.0909. The molecule has 0 amide bonds. The molecule has 0 aliphatic rings. The molecule has 0 bridgehead atoms. The van der Waals surface area contributed by atoms with E-state index in [0.29, 0.717) is 5.13 Å². The normalized spacial score (nSPS) is 10.2. The molecule has 0 spiro atoms. The molecule has 0 aliphatic heterocycles. The van der Waals surface area contributed by atoms with Crippen molar-refractivity contribution in [3.05, 3.63) is 39.3 Å². The summed E-state index contributed by atoms with van der Waals surface area (Å²) in [6, 6.07) is 5.87. The van der Waals surface area contributed by atoms with Crippen molar-refractivity contribution in [1.29, 1.82) is 0 Å². The molecule has 0 saturated heterocycles. The van der Waals surface area contributed by atoms with Gasteiger partial charge in [-0.15, -0.1) is 11.3 Å². The molecule has 88 valence electrons. The van der Waals surface area contributed by atoms with Gasteiger partial charge in [0.1, 0.15) is 0 Å². The van der Waals surface area contributed by atoms with Crippen molar-refractivity contribution in [1.82, 2.24) is 4.98 Å². The Hall–Kier alpha value is -1.40. The van der Waals surface area contributed by atoms with Crippen LogP contribution in [0.15, 0.2) is 28.1 Å². The lowest BCUT2D eigenvalue weighted by molar-refractivity contribution is 0.0691. The average Bonchev–Trinajstić information content (AvgIpc) is 2.64. The van der Waals surface area contributed by atoms with Gasteiger partial charge in [-0.3, -0.25) is 0 Å². The number of carboxylic acid groups (broad SMARTS) is 1. The van der Waals surface area contributed by atoms with Crippen LogP contribution in [0.4, 0.5) is 10.8 Å². The Labute approximate surface area is 110 Å². The number of anilines is 2. The fourth-order valence-corrected chi connectivity index (χ4v) is 2.67. The van der Waals surface area contributed by atoms with Gasteiger partial charge in [0.2, 0.25) is 0 Å². The summed E-state index contributed by atoms with van der Waals surface area (Å²) in [4.78, 5) is 14.6. The summed E-state index contributed by atoms with van der Waals surface area (Å²) >= 11 is 4.67. The van der Waals surface area contributed by atoms with Gasteiger partial charge in [0, 0.05) is 15.5 Å². The third kappa shape index (κ3) is 3.04. The van der Waals surface area contributed by atoms with Crippen LogP contribution in [0, 0.1) is 6.92 Å². The van der Waals surface area contributed by atoms with Crippen LogP contribution in [0.5, 0.6) is 0 Å². The van der Waals surface area contributed by atoms with Crippen LogP contribution in [-0.4, -0.2) is 16.1 Å². The SMILES string of the molecule is Cc1cc(Br)cc(Nc2nc(C(=O)O)cs2)c1. The van der Waals surface area contributed by atoms with E-state index in [0.717, 1.165) is 15.7 Å². The maximum atomic E-state index is 10.7. The molecule has 1 aromatic heterocycles. The summed E-state index contributed by atoms with van der Waals surface area (Å²) in [6.45, 7) is 1.99. The van der Waals surface area contributed by atoms with Crippen molar-refractivity contribution < 1.29 is 9.90 Å². The van der Waals surface area contributed by atoms with Crippen LogP contribution >= 0.6 is 27.3 Å². The van der Waals surface area contributed by atoms with E-state index in [1.54, 1.807) is 0 Å². The molecule has 4 nitrogen and oxygen atoms in total. The molecule has 2 rings (SSSR count). The third-order valence-corrected chi connectivity index (χ3v) is 3.23. The maximum absolute atomic E-state index is 10.7. The summed E-state index contributed by atoms with van der Waals surface area (Å²) in [6.07, 6.45) is 0. The first-order valence-electron chi connectivity index (χ1n) is 4.77. The van der Waals surface area contributed by atoms with Gasteiger partial charge in [0.05, 0.1) is 0 Å². The minimum absolute atomic E-state index is 0.0595. The number of nitrogens with zero attached hydrogens (tertiary/aromatic N) is 1. The highest BCUT2D eigenvalue weighted by molar-refractivity contribution is 9.10. The van der Waals surface area contributed by atoms with Crippen LogP contribution in [0.3, 0.4) is 0 Å². The van der Waals surface area contributed by atoms with E-state index >= 15 is 0 Å². The van der Waals surface area contributed by atoms with Gasteiger partial charge < -0.3 is 10.4 Å². The van der Waals surface area contributed by atoms with Gasteiger partial charge in [0.15, 0.2) is 10.8 Å². The molecular formula is C11H9BrN2O2S. The Kier molecular flexibility index (Phi) is 3.44. The maximum Gasteiger partial charge on any atom is 0.355 e. The Morgan fingerprint density at radius 3 is 2.82 bits per heavy atom. The summed E-state index contributed by atoms with van der Waals surface area (Å²) < 4.78 is 0.968. The van der Waals surface area contributed by atoms with Crippen molar-refractivity contribution in [3.63, 3.8) is 0 Å². The zero-order valence-corrected chi connectivity index (χ0v) is 11.3. The van der Waals surface area contributed by atoms with Gasteiger partial charge in [-0.1, -0.05) is 15.9 Å². The number of nitrogens with one attached hydrogen (secondary N) is 1. The molecule has 0 aliphatic carbocycles. The second-order valence-electron chi connectivity index (χ2n) is 3.49. The van der Waals surface area contributed by atoms with Gasteiger partial charge in [-0.05, 0) is 30.7 Å². The first kappa shape index (κ1) is 12.1. The Bertz CT molecular complexity index is 548. The number of hydrogen-bond acceptors (Lipinski definition) is 4. The van der Waals surface area contributed by atoms with Crippen LogP contribution in [-0.2, 0) is 0 Å². The first-order chi connectivity index (χ1) is 8.04. The molecule has 0 fully saturated rings. The second-order valence-corrected chi connectivity index (χ2v) is 5.26. The van der Waals surface area contributed by atoms with Crippen LogP contribution in [0.2, 0.25) is 0 Å². The monoisotopic (exact) mass is 312 g/mol. The minimum atomic E-state index is -1.01. The molecule has 0 unspecified atom stereocenters. The highest BCUT2D eigenvalue weighted by Crippen LogP contribution is 2.24. The van der Waals surface area contributed by atoms with E-state index < -0.39 is 5.97 Å². The lowest BCUT2D eigenvalue weighted by Gasteiger charge is -2.04. The first-order valence-corrected chi connectivity index (χ1v) is 6.45. The molecule has 1 aromatic carbocycles. The van der Waals surface area contributed by atoms with Gasteiger partial charge >= 0.3 is 5.97 Å². The molecule has 0 radical (unpaired) electrons. The zero-order valence-electron chi connectivity index (χ0n) is 8.90. The van der Waals surface area contributed by atoms with E-state index in [1.165, 1.54) is 16.7 Å². The molecule has 0 atom stereocenters. The van der Waals surface area contributed by atoms with Gasteiger partial charge in [-0.25, -0.2) is 9.78 Å². The van der Waals surface area contributed by atoms with Crippen molar-refractivity contribution in [3.8, 4) is 0 Å². The predicted molar refractivity (Wildman–Crippen MR) is 71.2 cm³/mol. The Morgan fingerprint density at radius 1 is 1.47 bits per heavy atom. The summed E-state index contributed by atoms with van der Waals surface area (Å²) in [7, 11) is 0. The van der Waals surface area contributed by atoms with Crippen LogP contribution < -0.4 is 5.32 Å². The van der Waals surface area contributed by atoms with Gasteiger partial charge in [0.25, 0.3) is 0 Å². The third-order valence-electron chi connectivity index (χ3n) is 2.02. The van der Waals surface area contributed by atoms with Gasteiger partial charge in [-0.2, -0.15) is 0 Å². The lowest BCUT2D eigenvalue weighted by Crippen LogP contribution is -1.97. The van der Waals surface area contributed by atoms with E-state index in [1.807, 2.05) is 25.1 Å². The number of rotatable bonds is 3. The highest BCUT2D eigenvalue weighted by Gasteiger charge is 2.08. The standard InChI is InChI=1S/C11H9BrN2O2S/c1-6-2-7(12)4-8(3-6)13-11-14-9(5-17-11)10(15)16/h2-5H,1H3,(H,13,14)(H,15,16). The number of aromatic nitrogens is 1. The fourth-order valence-electron chi connectivity index (χ4n) is 1.36. The van der Waals surface area contributed by atoms with E-state index in [4.69, 9.17) is 5.11 Å². The quantitative estimate of drug-likeness (QED) is 0.908. The minimum Gasteiger partial charge on any atom is -0.476 e. The molecule has 6 heteroatoms.